The summed E-state index contributed by atoms with van der Waals surface area (Å²) in [6.45, 7) is 8.58. The Kier molecular flexibility index (Phi) is 11.2. The van der Waals surface area contributed by atoms with Gasteiger partial charge in [-0.3, -0.25) is 13.9 Å². The van der Waals surface area contributed by atoms with Crippen LogP contribution in [0.15, 0.2) is 102 Å². The normalized spacial score (nSPS) is 12.3. The molecule has 0 saturated carbocycles. The van der Waals surface area contributed by atoms with Crippen molar-refractivity contribution < 1.29 is 18.0 Å². The standard InChI is InChI=1S/C36H39Cl2N3O4S/c1-25-17-19-29(20-18-25)46(44,45)41(28-14-9-11-26(2)21-28)24-34(42)40(23-30-31(37)15-10-16-32(30)38)33(35(43)39-36(3,4)5)22-27-12-7-6-8-13-27/h6-21,33H,22-24H2,1-5H3,(H,39,43)/t33-/m0/s1. The summed E-state index contributed by atoms with van der Waals surface area (Å²) in [4.78, 5) is 30.1. The third-order valence-electron chi connectivity index (χ3n) is 7.34. The molecule has 0 spiro atoms. The molecule has 0 aliphatic rings. The van der Waals surface area contributed by atoms with Crippen molar-refractivity contribution in [1.29, 1.82) is 0 Å². The summed E-state index contributed by atoms with van der Waals surface area (Å²) in [5, 5.41) is 3.66. The first-order valence-corrected chi connectivity index (χ1v) is 17.1. The summed E-state index contributed by atoms with van der Waals surface area (Å²) in [6.07, 6.45) is 0.172. The fourth-order valence-corrected chi connectivity index (χ4v) is 6.93. The average Bonchev–Trinajstić information content (AvgIpc) is 2.98. The van der Waals surface area contributed by atoms with Gasteiger partial charge in [-0.1, -0.05) is 89.4 Å². The lowest BCUT2D eigenvalue weighted by atomic mass is 10.0. The summed E-state index contributed by atoms with van der Waals surface area (Å²) in [7, 11) is -4.21. The molecule has 0 aromatic heterocycles. The van der Waals surface area contributed by atoms with E-state index in [1.807, 2.05) is 71.0 Å². The van der Waals surface area contributed by atoms with Crippen molar-refractivity contribution in [3.8, 4) is 0 Å². The van der Waals surface area contributed by atoms with Gasteiger partial charge in [0.15, 0.2) is 0 Å². The second-order valence-electron chi connectivity index (χ2n) is 12.3. The van der Waals surface area contributed by atoms with Gasteiger partial charge in [-0.25, -0.2) is 8.42 Å². The number of halogens is 2. The fraction of sp³-hybridized carbons (Fsp3) is 0.278. The van der Waals surface area contributed by atoms with Gasteiger partial charge in [0.2, 0.25) is 11.8 Å². The summed E-state index contributed by atoms with van der Waals surface area (Å²) < 4.78 is 29.5. The maximum atomic E-state index is 14.6. The molecule has 1 atom stereocenters. The molecule has 0 bridgehead atoms. The molecular formula is C36H39Cl2N3O4S. The largest absolute Gasteiger partial charge is 0.350 e. The molecule has 0 unspecified atom stereocenters. The number of anilines is 1. The molecule has 0 aliphatic carbocycles. The van der Waals surface area contributed by atoms with Crippen LogP contribution in [0.5, 0.6) is 0 Å². The van der Waals surface area contributed by atoms with E-state index in [1.54, 1.807) is 48.5 Å². The molecule has 2 amide bonds. The Bertz CT molecular complexity index is 1770. The lowest BCUT2D eigenvalue weighted by Gasteiger charge is -2.35. The van der Waals surface area contributed by atoms with Gasteiger partial charge in [-0.15, -0.1) is 0 Å². The number of sulfonamides is 1. The molecule has 0 radical (unpaired) electrons. The number of hydrogen-bond acceptors (Lipinski definition) is 4. The van der Waals surface area contributed by atoms with Crippen LogP contribution in [0.1, 0.15) is 43.0 Å². The van der Waals surface area contributed by atoms with Crippen LogP contribution < -0.4 is 9.62 Å². The predicted octanol–water partition coefficient (Wildman–Crippen LogP) is 7.36. The Morgan fingerprint density at radius 1 is 0.804 bits per heavy atom. The molecule has 242 valence electrons. The molecule has 1 N–H and O–H groups in total. The van der Waals surface area contributed by atoms with Gasteiger partial charge in [0.25, 0.3) is 10.0 Å². The van der Waals surface area contributed by atoms with Crippen LogP contribution in [-0.2, 0) is 32.6 Å². The maximum absolute atomic E-state index is 14.6. The molecule has 7 nitrogen and oxygen atoms in total. The second-order valence-corrected chi connectivity index (χ2v) is 15.0. The zero-order valence-electron chi connectivity index (χ0n) is 26.6. The molecule has 0 fully saturated rings. The molecule has 0 heterocycles. The number of nitrogens with one attached hydrogen (secondary N) is 1. The van der Waals surface area contributed by atoms with E-state index >= 15 is 0 Å². The van der Waals surface area contributed by atoms with Crippen LogP contribution in [0.3, 0.4) is 0 Å². The number of aryl methyl sites for hydroxylation is 2. The van der Waals surface area contributed by atoms with Gasteiger partial charge in [-0.2, -0.15) is 0 Å². The lowest BCUT2D eigenvalue weighted by molar-refractivity contribution is -0.140. The predicted molar refractivity (Wildman–Crippen MR) is 186 cm³/mol. The molecule has 0 aliphatic heterocycles. The highest BCUT2D eigenvalue weighted by atomic mass is 35.5. The van der Waals surface area contributed by atoms with E-state index in [-0.39, 0.29) is 17.9 Å². The number of rotatable bonds is 11. The molecule has 10 heteroatoms. The number of benzene rings is 4. The number of amides is 2. The van der Waals surface area contributed by atoms with Crippen molar-refractivity contribution in [3.63, 3.8) is 0 Å². The molecular weight excluding hydrogens is 641 g/mol. The summed E-state index contributed by atoms with van der Waals surface area (Å²) >= 11 is 13.2. The number of hydrogen-bond donors (Lipinski definition) is 1. The quantitative estimate of drug-likeness (QED) is 0.179. The van der Waals surface area contributed by atoms with Crippen molar-refractivity contribution >= 4 is 50.7 Å². The average molecular weight is 681 g/mol. The summed E-state index contributed by atoms with van der Waals surface area (Å²) in [5.41, 5.74) is 2.70. The number of carbonyl (C=O) groups is 2. The van der Waals surface area contributed by atoms with Gasteiger partial charge in [0.05, 0.1) is 10.6 Å². The zero-order chi connectivity index (χ0) is 33.6. The van der Waals surface area contributed by atoms with E-state index in [9.17, 15) is 18.0 Å². The highest BCUT2D eigenvalue weighted by Gasteiger charge is 2.36. The highest BCUT2D eigenvalue weighted by Crippen LogP contribution is 2.29. The Balaban J connectivity index is 1.85. The summed E-state index contributed by atoms with van der Waals surface area (Å²) in [6, 6.07) is 26.7. The SMILES string of the molecule is Cc1ccc(S(=O)(=O)N(CC(=O)N(Cc2c(Cl)cccc2Cl)[C@@H](Cc2ccccc2)C(=O)NC(C)(C)C)c2cccc(C)c2)cc1. The summed E-state index contributed by atoms with van der Waals surface area (Å²) in [5.74, 6) is -0.991. The number of nitrogens with zero attached hydrogens (tertiary/aromatic N) is 2. The fourth-order valence-electron chi connectivity index (χ4n) is 5.01. The van der Waals surface area contributed by atoms with E-state index in [1.165, 1.54) is 17.0 Å². The molecule has 46 heavy (non-hydrogen) atoms. The van der Waals surface area contributed by atoms with E-state index in [4.69, 9.17) is 23.2 Å². The third kappa shape index (κ3) is 8.90. The van der Waals surface area contributed by atoms with Crippen LogP contribution in [0.4, 0.5) is 5.69 Å². The van der Waals surface area contributed by atoms with E-state index in [0.717, 1.165) is 21.0 Å². The van der Waals surface area contributed by atoms with Crippen LogP contribution in [0.25, 0.3) is 0 Å². The van der Waals surface area contributed by atoms with Crippen LogP contribution >= 0.6 is 23.2 Å². The van der Waals surface area contributed by atoms with E-state index < -0.39 is 40.0 Å². The topological polar surface area (TPSA) is 86.8 Å². The van der Waals surface area contributed by atoms with Crippen LogP contribution in [0.2, 0.25) is 10.0 Å². The van der Waals surface area contributed by atoms with Crippen molar-refractivity contribution in [1.82, 2.24) is 10.2 Å². The monoisotopic (exact) mass is 679 g/mol. The highest BCUT2D eigenvalue weighted by molar-refractivity contribution is 7.92. The minimum absolute atomic E-state index is 0.0411. The first-order valence-electron chi connectivity index (χ1n) is 14.9. The smallest absolute Gasteiger partial charge is 0.264 e. The minimum Gasteiger partial charge on any atom is -0.350 e. The first kappa shape index (κ1) is 35.0. The Morgan fingerprint density at radius 3 is 2.00 bits per heavy atom. The van der Waals surface area contributed by atoms with Crippen molar-refractivity contribution in [2.45, 2.75) is 64.1 Å². The maximum Gasteiger partial charge on any atom is 0.264 e. The molecule has 4 aromatic carbocycles. The van der Waals surface area contributed by atoms with Gasteiger partial charge < -0.3 is 10.2 Å². The molecule has 4 aromatic rings. The number of carbonyl (C=O) groups excluding carboxylic acids is 2. The van der Waals surface area contributed by atoms with Crippen LogP contribution in [0, 0.1) is 13.8 Å². The van der Waals surface area contributed by atoms with Crippen molar-refractivity contribution in [3.05, 3.63) is 129 Å². The van der Waals surface area contributed by atoms with Crippen molar-refractivity contribution in [2.24, 2.45) is 0 Å². The zero-order valence-corrected chi connectivity index (χ0v) is 29.0. The van der Waals surface area contributed by atoms with E-state index in [2.05, 4.69) is 5.32 Å². The minimum atomic E-state index is -4.21. The Morgan fingerprint density at radius 2 is 1.41 bits per heavy atom. The Labute approximate surface area is 282 Å². The van der Waals surface area contributed by atoms with Crippen molar-refractivity contribution in [2.75, 3.05) is 10.8 Å². The lowest BCUT2D eigenvalue weighted by Crippen LogP contribution is -2.56. The molecule has 0 saturated heterocycles. The van der Waals surface area contributed by atoms with Gasteiger partial charge in [0, 0.05) is 34.1 Å². The van der Waals surface area contributed by atoms with E-state index in [0.29, 0.717) is 21.3 Å². The van der Waals surface area contributed by atoms with Crippen LogP contribution in [-0.4, -0.2) is 43.3 Å². The first-order chi connectivity index (χ1) is 21.7. The third-order valence-corrected chi connectivity index (χ3v) is 9.83. The van der Waals surface area contributed by atoms with Gasteiger partial charge in [-0.05, 0) is 82.1 Å². The van der Waals surface area contributed by atoms with Gasteiger partial charge >= 0.3 is 0 Å². The Hall–Kier alpha value is -3.85. The molecule has 4 rings (SSSR count). The second kappa shape index (κ2) is 14.7. The van der Waals surface area contributed by atoms with Gasteiger partial charge in [0.1, 0.15) is 12.6 Å².